The first-order chi connectivity index (χ1) is 10.2. The molecule has 0 fully saturated rings. The van der Waals surface area contributed by atoms with Crippen LogP contribution in [-0.2, 0) is 6.54 Å². The minimum Gasteiger partial charge on any atom is -0.356 e. The first kappa shape index (κ1) is 14.9. The van der Waals surface area contributed by atoms with E-state index in [-0.39, 0.29) is 5.91 Å². The maximum atomic E-state index is 12.0. The Morgan fingerprint density at radius 1 is 1.14 bits per heavy atom. The molecule has 1 amide bonds. The summed E-state index contributed by atoms with van der Waals surface area (Å²) in [6.45, 7) is 6.20. The lowest BCUT2D eigenvalue weighted by molar-refractivity contribution is 0.0944. The van der Waals surface area contributed by atoms with Gasteiger partial charge in [0, 0.05) is 19.3 Å². The quantitative estimate of drug-likeness (QED) is 0.873. The summed E-state index contributed by atoms with van der Waals surface area (Å²) in [6.07, 6.45) is 1.69. The maximum Gasteiger partial charge on any atom is 0.272 e. The van der Waals surface area contributed by atoms with Crippen LogP contribution in [0.4, 0.5) is 5.82 Å². The molecule has 0 spiro atoms. The van der Waals surface area contributed by atoms with Crippen molar-refractivity contribution in [2.75, 3.05) is 18.0 Å². The molecule has 0 aliphatic carbocycles. The molecular formula is C15H19N5O. The highest BCUT2D eigenvalue weighted by Gasteiger charge is 2.10. The van der Waals surface area contributed by atoms with Gasteiger partial charge in [0.05, 0.1) is 12.2 Å². The number of hydrogen-bond donors (Lipinski definition) is 1. The second kappa shape index (κ2) is 7.33. The van der Waals surface area contributed by atoms with Crippen molar-refractivity contribution in [1.82, 2.24) is 20.5 Å². The number of carbonyl (C=O) groups excluding carboxylic acids is 1. The summed E-state index contributed by atoms with van der Waals surface area (Å²) in [5, 5.41) is 10.9. The van der Waals surface area contributed by atoms with Crippen LogP contribution in [0.15, 0.2) is 36.5 Å². The normalized spacial score (nSPS) is 10.2. The number of pyridine rings is 1. The van der Waals surface area contributed by atoms with Crippen LogP contribution in [0.1, 0.15) is 30.0 Å². The van der Waals surface area contributed by atoms with Gasteiger partial charge in [0.1, 0.15) is 0 Å². The van der Waals surface area contributed by atoms with Crippen molar-refractivity contribution in [3.8, 4) is 0 Å². The molecule has 2 heterocycles. The molecule has 0 atom stereocenters. The van der Waals surface area contributed by atoms with Crippen LogP contribution in [0.2, 0.25) is 0 Å². The number of rotatable bonds is 6. The summed E-state index contributed by atoms with van der Waals surface area (Å²) in [7, 11) is 0. The van der Waals surface area contributed by atoms with Crippen molar-refractivity contribution >= 4 is 11.7 Å². The monoisotopic (exact) mass is 285 g/mol. The van der Waals surface area contributed by atoms with E-state index in [2.05, 4.69) is 39.2 Å². The van der Waals surface area contributed by atoms with Crippen LogP contribution in [0.5, 0.6) is 0 Å². The van der Waals surface area contributed by atoms with E-state index in [0.717, 1.165) is 24.6 Å². The molecule has 0 aliphatic rings. The van der Waals surface area contributed by atoms with Crippen LogP contribution in [0, 0.1) is 0 Å². The number of nitrogens with one attached hydrogen (secondary N) is 1. The third-order valence-corrected chi connectivity index (χ3v) is 3.13. The van der Waals surface area contributed by atoms with Gasteiger partial charge in [-0.25, -0.2) is 0 Å². The number of anilines is 1. The number of aromatic nitrogens is 3. The van der Waals surface area contributed by atoms with Gasteiger partial charge in [0.25, 0.3) is 5.91 Å². The Kier molecular flexibility index (Phi) is 5.20. The second-order valence-corrected chi connectivity index (χ2v) is 4.45. The molecular weight excluding hydrogens is 266 g/mol. The van der Waals surface area contributed by atoms with E-state index >= 15 is 0 Å². The fraction of sp³-hybridized carbons (Fsp3) is 0.333. The lowest BCUT2D eigenvalue weighted by Gasteiger charge is -2.18. The molecule has 0 radical (unpaired) electrons. The Hall–Kier alpha value is -2.50. The highest BCUT2D eigenvalue weighted by Crippen LogP contribution is 2.08. The standard InChI is InChI=1S/C15H19N5O/c1-3-20(4-2)14-9-8-13(18-19-14)15(21)17-11-12-7-5-6-10-16-12/h5-10H,3-4,11H2,1-2H3,(H,17,21). The van der Waals surface area contributed by atoms with Crippen molar-refractivity contribution < 1.29 is 4.79 Å². The zero-order valence-electron chi connectivity index (χ0n) is 12.3. The minimum absolute atomic E-state index is 0.251. The van der Waals surface area contributed by atoms with Crippen molar-refractivity contribution in [1.29, 1.82) is 0 Å². The van der Waals surface area contributed by atoms with Crippen LogP contribution in [0.3, 0.4) is 0 Å². The summed E-state index contributed by atoms with van der Waals surface area (Å²) >= 11 is 0. The molecule has 2 aromatic heterocycles. The van der Waals surface area contributed by atoms with Crippen LogP contribution in [0.25, 0.3) is 0 Å². The highest BCUT2D eigenvalue weighted by atomic mass is 16.1. The molecule has 0 saturated carbocycles. The lowest BCUT2D eigenvalue weighted by Crippen LogP contribution is -2.26. The van der Waals surface area contributed by atoms with E-state index in [1.165, 1.54) is 0 Å². The van der Waals surface area contributed by atoms with Gasteiger partial charge >= 0.3 is 0 Å². The van der Waals surface area contributed by atoms with Crippen LogP contribution in [-0.4, -0.2) is 34.2 Å². The summed E-state index contributed by atoms with van der Waals surface area (Å²) in [6, 6.07) is 9.08. The van der Waals surface area contributed by atoms with Crippen LogP contribution < -0.4 is 10.2 Å². The van der Waals surface area contributed by atoms with Gasteiger partial charge in [0.15, 0.2) is 11.5 Å². The SMILES string of the molecule is CCN(CC)c1ccc(C(=O)NCc2ccccn2)nn1. The molecule has 2 rings (SSSR count). The number of nitrogens with zero attached hydrogens (tertiary/aromatic N) is 4. The van der Waals surface area contributed by atoms with Crippen LogP contribution >= 0.6 is 0 Å². The Labute approximate surface area is 124 Å². The van der Waals surface area contributed by atoms with E-state index in [1.54, 1.807) is 12.3 Å². The Bertz CT molecular complexity index is 566. The van der Waals surface area contributed by atoms with Gasteiger partial charge in [0.2, 0.25) is 0 Å². The average Bonchev–Trinajstić information content (AvgIpc) is 2.55. The predicted molar refractivity (Wildman–Crippen MR) is 81.0 cm³/mol. The predicted octanol–water partition coefficient (Wildman–Crippen LogP) is 1.65. The first-order valence-corrected chi connectivity index (χ1v) is 7.01. The largest absolute Gasteiger partial charge is 0.356 e. The molecule has 21 heavy (non-hydrogen) atoms. The average molecular weight is 285 g/mol. The molecule has 110 valence electrons. The molecule has 2 aromatic rings. The third kappa shape index (κ3) is 3.98. The van der Waals surface area contributed by atoms with Crippen molar-refractivity contribution in [3.05, 3.63) is 47.9 Å². The zero-order valence-corrected chi connectivity index (χ0v) is 12.3. The molecule has 0 unspecified atom stereocenters. The number of hydrogen-bond acceptors (Lipinski definition) is 5. The summed E-state index contributed by atoms with van der Waals surface area (Å²) < 4.78 is 0. The van der Waals surface area contributed by atoms with Crippen molar-refractivity contribution in [2.24, 2.45) is 0 Å². The summed E-state index contributed by atoms with van der Waals surface area (Å²) in [5.74, 6) is 0.528. The Morgan fingerprint density at radius 2 is 1.95 bits per heavy atom. The topological polar surface area (TPSA) is 71.0 Å². The van der Waals surface area contributed by atoms with Gasteiger partial charge in [-0.3, -0.25) is 9.78 Å². The van der Waals surface area contributed by atoms with E-state index in [4.69, 9.17) is 0 Å². The molecule has 1 N–H and O–H groups in total. The fourth-order valence-electron chi connectivity index (χ4n) is 1.93. The minimum atomic E-state index is -0.251. The second-order valence-electron chi connectivity index (χ2n) is 4.45. The first-order valence-electron chi connectivity index (χ1n) is 7.01. The van der Waals surface area contributed by atoms with Gasteiger partial charge in [-0.1, -0.05) is 6.07 Å². The van der Waals surface area contributed by atoms with Gasteiger partial charge in [-0.05, 0) is 38.1 Å². The fourth-order valence-corrected chi connectivity index (χ4v) is 1.93. The number of amides is 1. The van der Waals surface area contributed by atoms with E-state index < -0.39 is 0 Å². The molecule has 6 nitrogen and oxygen atoms in total. The molecule has 0 bridgehead atoms. The van der Waals surface area contributed by atoms with Crippen molar-refractivity contribution in [3.63, 3.8) is 0 Å². The van der Waals surface area contributed by atoms with Gasteiger partial charge in [-0.15, -0.1) is 10.2 Å². The van der Waals surface area contributed by atoms with Gasteiger partial charge < -0.3 is 10.2 Å². The molecule has 6 heteroatoms. The Balaban J connectivity index is 1.97. The van der Waals surface area contributed by atoms with E-state index in [1.807, 2.05) is 24.3 Å². The summed E-state index contributed by atoms with van der Waals surface area (Å²) in [5.41, 5.74) is 1.11. The van der Waals surface area contributed by atoms with Crippen molar-refractivity contribution in [2.45, 2.75) is 20.4 Å². The number of carbonyl (C=O) groups is 1. The molecule has 0 aliphatic heterocycles. The molecule has 0 saturated heterocycles. The zero-order chi connectivity index (χ0) is 15.1. The molecule has 0 aromatic carbocycles. The maximum absolute atomic E-state index is 12.0. The van der Waals surface area contributed by atoms with E-state index in [0.29, 0.717) is 12.2 Å². The van der Waals surface area contributed by atoms with Gasteiger partial charge in [-0.2, -0.15) is 0 Å². The Morgan fingerprint density at radius 3 is 2.52 bits per heavy atom. The third-order valence-electron chi connectivity index (χ3n) is 3.13. The highest BCUT2D eigenvalue weighted by molar-refractivity contribution is 5.92. The van der Waals surface area contributed by atoms with E-state index in [9.17, 15) is 4.79 Å². The summed E-state index contributed by atoms with van der Waals surface area (Å²) in [4.78, 5) is 18.2. The lowest BCUT2D eigenvalue weighted by atomic mass is 10.3. The smallest absolute Gasteiger partial charge is 0.272 e.